The summed E-state index contributed by atoms with van der Waals surface area (Å²) in [6.07, 6.45) is 3.83. The summed E-state index contributed by atoms with van der Waals surface area (Å²) in [5.74, 6) is 1.17. The van der Waals surface area contributed by atoms with Gasteiger partial charge in [0.1, 0.15) is 0 Å². The van der Waals surface area contributed by atoms with E-state index < -0.39 is 22.5 Å². The van der Waals surface area contributed by atoms with Crippen LogP contribution in [0, 0.1) is 11.8 Å². The van der Waals surface area contributed by atoms with Gasteiger partial charge in [-0.25, -0.2) is 0 Å². The van der Waals surface area contributed by atoms with Crippen molar-refractivity contribution in [2.75, 3.05) is 6.61 Å². The number of hydrogen-bond acceptors (Lipinski definition) is 3. The lowest BCUT2D eigenvalue weighted by molar-refractivity contribution is -0.142. The molecule has 0 heterocycles. The third-order valence-corrected chi connectivity index (χ3v) is 14.0. The highest BCUT2D eigenvalue weighted by Crippen LogP contribution is 2.37. The third kappa shape index (κ3) is 9.31. The zero-order valence-corrected chi connectivity index (χ0v) is 20.5. The normalized spacial score (nSPS) is 14.2. The van der Waals surface area contributed by atoms with Crippen LogP contribution in [0.4, 0.5) is 0 Å². The number of carbonyl (C=O) groups excluding carboxylic acids is 1. The first-order chi connectivity index (χ1) is 11.3. The molecule has 0 aromatic rings. The number of carbonyl (C=O) groups is 1. The van der Waals surface area contributed by atoms with E-state index >= 15 is 0 Å². The predicted molar refractivity (Wildman–Crippen MR) is 113 cm³/mol. The molecule has 0 aromatic heterocycles. The van der Waals surface area contributed by atoms with Crippen LogP contribution in [0.15, 0.2) is 12.3 Å². The zero-order chi connectivity index (χ0) is 19.8. The van der Waals surface area contributed by atoms with E-state index in [-0.39, 0.29) is 15.8 Å². The van der Waals surface area contributed by atoms with Crippen molar-refractivity contribution in [2.24, 2.45) is 11.8 Å². The van der Waals surface area contributed by atoms with Crippen molar-refractivity contribution in [2.45, 2.75) is 88.9 Å². The van der Waals surface area contributed by atoms with E-state index in [2.05, 4.69) is 61.6 Å². The second-order valence-corrected chi connectivity index (χ2v) is 17.4. The lowest BCUT2D eigenvalue weighted by Gasteiger charge is -2.35. The fourth-order valence-electron chi connectivity index (χ4n) is 2.74. The Labute approximate surface area is 162 Å². The summed E-state index contributed by atoms with van der Waals surface area (Å²) in [4.78, 5) is 12.6. The van der Waals surface area contributed by atoms with Crippen molar-refractivity contribution in [1.29, 1.82) is 0 Å². The molecule has 0 spiro atoms. The Morgan fingerprint density at radius 3 is 1.92 bits per heavy atom. The van der Waals surface area contributed by atoms with E-state index in [1.54, 1.807) is 0 Å². The molecular formula is C20H41AlO3Si. The lowest BCUT2D eigenvalue weighted by atomic mass is 10.2. The molecule has 5 heteroatoms. The van der Waals surface area contributed by atoms with Gasteiger partial charge < -0.3 is 9.16 Å². The molecule has 0 saturated heterocycles. The Bertz CT molecular complexity index is 415. The predicted octanol–water partition coefficient (Wildman–Crippen LogP) is 6.26. The van der Waals surface area contributed by atoms with Gasteiger partial charge in [-0.15, -0.1) is 0 Å². The molecule has 0 N–H and O–H groups in total. The smallest absolute Gasteiger partial charge is 0.299 e. The molecule has 0 rings (SSSR count). The average Bonchev–Trinajstić information content (AvgIpc) is 2.40. The van der Waals surface area contributed by atoms with Gasteiger partial charge in [0.25, 0.3) is 20.1 Å². The minimum Gasteiger partial charge on any atom is -0.549 e. The maximum absolute atomic E-state index is 12.6. The summed E-state index contributed by atoms with van der Waals surface area (Å²) in [7, 11) is -1.85. The number of ether oxygens (including phenoxy) is 1. The van der Waals surface area contributed by atoms with Gasteiger partial charge in [0, 0.05) is 4.78 Å². The van der Waals surface area contributed by atoms with Gasteiger partial charge in [0.15, 0.2) is 0 Å². The van der Waals surface area contributed by atoms with E-state index in [0.29, 0.717) is 18.4 Å². The first-order valence-electron chi connectivity index (χ1n) is 9.82. The summed E-state index contributed by atoms with van der Waals surface area (Å²) < 4.78 is 11.5. The average molecular weight is 385 g/mol. The molecule has 0 aliphatic carbocycles. The molecule has 0 bridgehead atoms. The molecular weight excluding hydrogens is 343 g/mol. The molecule has 25 heavy (non-hydrogen) atoms. The van der Waals surface area contributed by atoms with Crippen LogP contribution in [0.25, 0.3) is 0 Å². The molecule has 146 valence electrons. The minimum absolute atomic E-state index is 0.0597. The lowest BCUT2D eigenvalue weighted by Crippen LogP contribution is -2.39. The highest BCUT2D eigenvalue weighted by molar-refractivity contribution is 6.74. The van der Waals surface area contributed by atoms with Gasteiger partial charge in [-0.05, 0) is 25.1 Å². The molecule has 1 unspecified atom stereocenters. The maximum Gasteiger partial charge on any atom is 0.299 e. The summed E-state index contributed by atoms with van der Waals surface area (Å²) in [6, 6.07) is 0. The summed E-state index contributed by atoms with van der Waals surface area (Å²) >= 11 is -1.31. The highest BCUT2D eigenvalue weighted by atomic mass is 28.4. The third-order valence-electron chi connectivity index (χ3n) is 5.07. The van der Waals surface area contributed by atoms with Crippen LogP contribution in [0.3, 0.4) is 0 Å². The van der Waals surface area contributed by atoms with E-state index in [1.807, 2.05) is 19.3 Å². The van der Waals surface area contributed by atoms with Crippen molar-refractivity contribution in [3.8, 4) is 0 Å². The Balaban J connectivity index is 5.38. The molecule has 0 radical (unpaired) electrons. The van der Waals surface area contributed by atoms with Crippen LogP contribution in [0.1, 0.15) is 55.4 Å². The van der Waals surface area contributed by atoms with Crippen molar-refractivity contribution < 1.29 is 14.0 Å². The molecule has 1 atom stereocenters. The molecule has 3 nitrogen and oxygen atoms in total. The van der Waals surface area contributed by atoms with Gasteiger partial charge in [-0.2, -0.15) is 0 Å². The topological polar surface area (TPSA) is 35.5 Å². The fourth-order valence-corrected chi connectivity index (χ4v) is 7.60. The number of rotatable bonds is 10. The van der Waals surface area contributed by atoms with Crippen molar-refractivity contribution in [1.82, 2.24) is 0 Å². The summed E-state index contributed by atoms with van der Waals surface area (Å²) in [6.45, 7) is 22.5. The van der Waals surface area contributed by atoms with Crippen LogP contribution in [-0.4, -0.2) is 35.0 Å². The van der Waals surface area contributed by atoms with E-state index in [1.165, 1.54) is 0 Å². The van der Waals surface area contributed by atoms with Crippen molar-refractivity contribution in [3.05, 3.63) is 12.3 Å². The van der Waals surface area contributed by atoms with Crippen LogP contribution in [0.5, 0.6) is 0 Å². The molecule has 0 fully saturated rings. The second-order valence-electron chi connectivity index (χ2n) is 9.50. The summed E-state index contributed by atoms with van der Waals surface area (Å²) in [5.41, 5.74) is 0. The number of esters is 1. The SMILES string of the molecule is CCOC(=O)[CH](/C=C\O[Si](C)(C)C(C)(C)C)[Al]([CH2]C(C)C)[CH2]C(C)C. The summed E-state index contributed by atoms with van der Waals surface area (Å²) in [5, 5.41) is 2.47. The standard InChI is InChI=1S/C12H23O3Si.2C4H9.Al/c1-7-14-11(13)9-8-10-15-16(5,6)12(2,3)4;2*1-4(2)3;/h8-10H,7H2,1-6H3;2*4H,1H2,2-3H3;/b10-8-;;;. The van der Waals surface area contributed by atoms with Gasteiger partial charge in [0.2, 0.25) is 8.32 Å². The van der Waals surface area contributed by atoms with Crippen LogP contribution in [-0.2, 0) is 14.0 Å². The fraction of sp³-hybridized carbons (Fsp3) is 0.850. The minimum atomic E-state index is -1.85. The Hall–Kier alpha value is -0.241. The highest BCUT2D eigenvalue weighted by Gasteiger charge is 2.38. The first-order valence-corrected chi connectivity index (χ1v) is 15.0. The monoisotopic (exact) mass is 384 g/mol. The van der Waals surface area contributed by atoms with E-state index in [4.69, 9.17) is 9.16 Å². The second kappa shape index (κ2) is 10.8. The van der Waals surface area contributed by atoms with Crippen LogP contribution >= 0.6 is 0 Å². The number of hydrogen-bond donors (Lipinski definition) is 0. The quantitative estimate of drug-likeness (QED) is 0.253. The van der Waals surface area contributed by atoms with Gasteiger partial charge in [0.05, 0.1) is 12.9 Å². The Morgan fingerprint density at radius 2 is 1.56 bits per heavy atom. The molecule has 0 saturated carbocycles. The van der Waals surface area contributed by atoms with Gasteiger partial charge >= 0.3 is 0 Å². The Morgan fingerprint density at radius 1 is 1.08 bits per heavy atom. The van der Waals surface area contributed by atoms with Crippen LogP contribution in [0.2, 0.25) is 33.5 Å². The van der Waals surface area contributed by atoms with Crippen molar-refractivity contribution >= 4 is 28.4 Å². The molecule has 0 aromatic carbocycles. The van der Waals surface area contributed by atoms with Crippen molar-refractivity contribution in [3.63, 3.8) is 0 Å². The molecule has 0 amide bonds. The molecule has 0 aliphatic rings. The Kier molecular flexibility index (Phi) is 10.7. The molecule has 0 aliphatic heterocycles. The zero-order valence-electron chi connectivity index (χ0n) is 18.3. The van der Waals surface area contributed by atoms with Gasteiger partial charge in [-0.1, -0.05) is 76.9 Å². The van der Waals surface area contributed by atoms with E-state index in [9.17, 15) is 4.79 Å². The largest absolute Gasteiger partial charge is 0.549 e. The maximum atomic E-state index is 12.6. The van der Waals surface area contributed by atoms with E-state index in [0.717, 1.165) is 10.6 Å². The first kappa shape index (κ1) is 24.8. The van der Waals surface area contributed by atoms with Crippen LogP contribution < -0.4 is 0 Å². The van der Waals surface area contributed by atoms with Gasteiger partial charge in [-0.3, -0.25) is 4.79 Å².